The average Bonchev–Trinajstić information content (AvgIpc) is 2.29. The van der Waals surface area contributed by atoms with Crippen molar-refractivity contribution in [1.82, 2.24) is 9.55 Å². The molecular formula is C12H11ClN2O2. The molecule has 1 N–H and O–H groups in total. The van der Waals surface area contributed by atoms with Crippen LogP contribution < -0.4 is 11.2 Å². The molecule has 1 aromatic heterocycles. The third-order valence-electron chi connectivity index (χ3n) is 2.49. The van der Waals surface area contributed by atoms with Crippen LogP contribution in [0.4, 0.5) is 0 Å². The summed E-state index contributed by atoms with van der Waals surface area (Å²) in [4.78, 5) is 25.2. The Morgan fingerprint density at radius 3 is 2.47 bits per heavy atom. The van der Waals surface area contributed by atoms with Crippen LogP contribution in [0.2, 0.25) is 5.02 Å². The van der Waals surface area contributed by atoms with Crippen LogP contribution in [0.5, 0.6) is 0 Å². The molecule has 2 rings (SSSR count). The van der Waals surface area contributed by atoms with Crippen molar-refractivity contribution in [3.8, 4) is 11.3 Å². The molecule has 0 aliphatic rings. The van der Waals surface area contributed by atoms with Gasteiger partial charge in [-0.05, 0) is 24.6 Å². The summed E-state index contributed by atoms with van der Waals surface area (Å²) in [5, 5.41) is 0.615. The Bertz CT molecular complexity index is 641. The summed E-state index contributed by atoms with van der Waals surface area (Å²) in [6.07, 6.45) is 0. The van der Waals surface area contributed by atoms with Crippen molar-refractivity contribution in [1.29, 1.82) is 0 Å². The molecule has 0 amide bonds. The number of nitrogens with zero attached hydrogens (tertiary/aromatic N) is 1. The lowest BCUT2D eigenvalue weighted by atomic mass is 10.1. The van der Waals surface area contributed by atoms with Crippen LogP contribution in [-0.4, -0.2) is 9.55 Å². The summed E-state index contributed by atoms with van der Waals surface area (Å²) < 4.78 is 1.50. The molecule has 4 nitrogen and oxygen atoms in total. The normalized spacial score (nSPS) is 10.5. The summed E-state index contributed by atoms with van der Waals surface area (Å²) in [6.45, 7) is 2.34. The maximum absolute atomic E-state index is 11.6. The van der Waals surface area contributed by atoms with E-state index in [2.05, 4.69) is 4.98 Å². The molecule has 2 aromatic rings. The van der Waals surface area contributed by atoms with Gasteiger partial charge < -0.3 is 0 Å². The maximum atomic E-state index is 11.6. The molecular weight excluding hydrogens is 240 g/mol. The molecule has 0 spiro atoms. The van der Waals surface area contributed by atoms with E-state index >= 15 is 0 Å². The summed E-state index contributed by atoms with van der Waals surface area (Å²) in [5.41, 5.74) is 0.590. The molecule has 0 unspecified atom stereocenters. The molecule has 1 heterocycles. The number of rotatable bonds is 2. The number of aromatic nitrogens is 2. The van der Waals surface area contributed by atoms with Crippen LogP contribution in [0.15, 0.2) is 39.9 Å². The van der Waals surface area contributed by atoms with Crippen LogP contribution in [0, 0.1) is 0 Å². The molecule has 0 saturated carbocycles. The van der Waals surface area contributed by atoms with Gasteiger partial charge in [0.25, 0.3) is 5.56 Å². The summed E-state index contributed by atoms with van der Waals surface area (Å²) in [5.74, 6) is 0. The standard InChI is InChI=1S/C12H11ClN2O2/c1-2-15-10(7-11(16)14-12(15)17)8-3-5-9(13)6-4-8/h3-7H,2H2,1H3,(H,14,16,17). The van der Waals surface area contributed by atoms with Gasteiger partial charge in [0.05, 0.1) is 5.69 Å². The van der Waals surface area contributed by atoms with E-state index in [4.69, 9.17) is 11.6 Å². The Labute approximate surface area is 102 Å². The van der Waals surface area contributed by atoms with Gasteiger partial charge in [-0.1, -0.05) is 23.7 Å². The Hall–Kier alpha value is -1.81. The molecule has 0 aliphatic carbocycles. The summed E-state index contributed by atoms with van der Waals surface area (Å²) in [7, 11) is 0. The second-order valence-electron chi connectivity index (χ2n) is 3.58. The van der Waals surface area contributed by atoms with Crippen LogP contribution in [0.3, 0.4) is 0 Å². The molecule has 17 heavy (non-hydrogen) atoms. The van der Waals surface area contributed by atoms with Gasteiger partial charge in [0.15, 0.2) is 0 Å². The monoisotopic (exact) mass is 250 g/mol. The lowest BCUT2D eigenvalue weighted by molar-refractivity contribution is 0.702. The number of nitrogens with one attached hydrogen (secondary N) is 1. The quantitative estimate of drug-likeness (QED) is 0.885. The Morgan fingerprint density at radius 2 is 1.88 bits per heavy atom. The highest BCUT2D eigenvalue weighted by molar-refractivity contribution is 6.30. The van der Waals surface area contributed by atoms with Crippen molar-refractivity contribution in [2.45, 2.75) is 13.5 Å². The van der Waals surface area contributed by atoms with Gasteiger partial charge in [-0.3, -0.25) is 14.3 Å². The van der Waals surface area contributed by atoms with Gasteiger partial charge >= 0.3 is 5.69 Å². The van der Waals surface area contributed by atoms with Crippen LogP contribution in [-0.2, 0) is 6.54 Å². The number of benzene rings is 1. The third kappa shape index (κ3) is 2.31. The highest BCUT2D eigenvalue weighted by atomic mass is 35.5. The van der Waals surface area contributed by atoms with Crippen LogP contribution >= 0.6 is 11.6 Å². The predicted octanol–water partition coefficient (Wildman–Crippen LogP) is 1.88. The lowest BCUT2D eigenvalue weighted by Gasteiger charge is -2.09. The SMILES string of the molecule is CCn1c(-c2ccc(Cl)cc2)cc(=O)[nH]c1=O. The number of halogens is 1. The number of hydrogen-bond acceptors (Lipinski definition) is 2. The number of H-pyrrole nitrogens is 1. The Morgan fingerprint density at radius 1 is 1.24 bits per heavy atom. The van der Waals surface area contributed by atoms with E-state index in [-0.39, 0.29) is 0 Å². The number of hydrogen-bond donors (Lipinski definition) is 1. The van der Waals surface area contributed by atoms with Crippen molar-refractivity contribution in [3.63, 3.8) is 0 Å². The molecule has 88 valence electrons. The third-order valence-corrected chi connectivity index (χ3v) is 2.74. The predicted molar refractivity (Wildman–Crippen MR) is 67.4 cm³/mol. The topological polar surface area (TPSA) is 54.9 Å². The summed E-state index contributed by atoms with van der Waals surface area (Å²) in [6, 6.07) is 8.42. The zero-order valence-electron chi connectivity index (χ0n) is 9.24. The van der Waals surface area contributed by atoms with Gasteiger partial charge in [-0.25, -0.2) is 4.79 Å². The highest BCUT2D eigenvalue weighted by Gasteiger charge is 2.06. The maximum Gasteiger partial charge on any atom is 0.328 e. The van der Waals surface area contributed by atoms with Crippen LogP contribution in [0.1, 0.15) is 6.92 Å². The molecule has 0 bridgehead atoms. The Balaban J connectivity index is 2.70. The first-order valence-electron chi connectivity index (χ1n) is 5.22. The van der Waals surface area contributed by atoms with Crippen molar-refractivity contribution >= 4 is 11.6 Å². The van der Waals surface area contributed by atoms with Gasteiger partial charge in [-0.15, -0.1) is 0 Å². The van der Waals surface area contributed by atoms with E-state index in [0.29, 0.717) is 17.3 Å². The minimum Gasteiger partial charge on any atom is -0.294 e. The first kappa shape index (κ1) is 11.7. The zero-order chi connectivity index (χ0) is 12.4. The summed E-state index contributed by atoms with van der Waals surface area (Å²) >= 11 is 5.80. The van der Waals surface area contributed by atoms with E-state index in [1.54, 1.807) is 24.3 Å². The van der Waals surface area contributed by atoms with Gasteiger partial charge in [0.2, 0.25) is 0 Å². The fraction of sp³-hybridized carbons (Fsp3) is 0.167. The van der Waals surface area contributed by atoms with Crippen LogP contribution in [0.25, 0.3) is 11.3 Å². The van der Waals surface area contributed by atoms with E-state index in [1.807, 2.05) is 6.92 Å². The average molecular weight is 251 g/mol. The van der Waals surface area contributed by atoms with Gasteiger partial charge in [0.1, 0.15) is 0 Å². The minimum absolute atomic E-state index is 0.398. The molecule has 0 fully saturated rings. The zero-order valence-corrected chi connectivity index (χ0v) is 9.99. The first-order chi connectivity index (χ1) is 8.11. The molecule has 5 heteroatoms. The van der Waals surface area contributed by atoms with E-state index in [9.17, 15) is 9.59 Å². The second-order valence-corrected chi connectivity index (χ2v) is 4.01. The number of aromatic amines is 1. The molecule has 0 aliphatic heterocycles. The fourth-order valence-electron chi connectivity index (χ4n) is 1.69. The highest BCUT2D eigenvalue weighted by Crippen LogP contribution is 2.19. The van der Waals surface area contributed by atoms with E-state index in [0.717, 1.165) is 5.56 Å². The van der Waals surface area contributed by atoms with Gasteiger partial charge in [0, 0.05) is 17.6 Å². The van der Waals surface area contributed by atoms with Crippen molar-refractivity contribution < 1.29 is 0 Å². The lowest BCUT2D eigenvalue weighted by Crippen LogP contribution is -2.30. The minimum atomic E-state index is -0.398. The molecule has 1 aromatic carbocycles. The largest absolute Gasteiger partial charge is 0.328 e. The van der Waals surface area contributed by atoms with E-state index < -0.39 is 11.2 Å². The van der Waals surface area contributed by atoms with Gasteiger partial charge in [-0.2, -0.15) is 0 Å². The van der Waals surface area contributed by atoms with Crippen molar-refractivity contribution in [2.75, 3.05) is 0 Å². The fourth-order valence-corrected chi connectivity index (χ4v) is 1.82. The first-order valence-corrected chi connectivity index (χ1v) is 5.59. The Kier molecular flexibility index (Phi) is 3.15. The molecule has 0 radical (unpaired) electrons. The second kappa shape index (κ2) is 4.59. The molecule has 0 saturated heterocycles. The van der Waals surface area contributed by atoms with E-state index in [1.165, 1.54) is 10.6 Å². The smallest absolute Gasteiger partial charge is 0.294 e. The van der Waals surface area contributed by atoms with Crippen molar-refractivity contribution in [3.05, 3.63) is 56.2 Å². The molecule has 0 atom stereocenters. The van der Waals surface area contributed by atoms with Crippen molar-refractivity contribution in [2.24, 2.45) is 0 Å².